The molecular formula is C12H7Br3O2S. The van der Waals surface area contributed by atoms with Crippen LogP contribution in [-0.2, 0) is 9.84 Å². The predicted octanol–water partition coefficient (Wildman–Crippen LogP) is 4.81. The van der Waals surface area contributed by atoms with Gasteiger partial charge in [-0.15, -0.1) is 0 Å². The Labute approximate surface area is 131 Å². The fourth-order valence-electron chi connectivity index (χ4n) is 1.42. The minimum Gasteiger partial charge on any atom is -0.218 e. The topological polar surface area (TPSA) is 34.1 Å². The van der Waals surface area contributed by atoms with Crippen molar-refractivity contribution in [2.24, 2.45) is 0 Å². The van der Waals surface area contributed by atoms with Crippen molar-refractivity contribution in [1.29, 1.82) is 0 Å². The van der Waals surface area contributed by atoms with E-state index in [2.05, 4.69) is 47.8 Å². The molecule has 0 amide bonds. The van der Waals surface area contributed by atoms with Crippen molar-refractivity contribution in [1.82, 2.24) is 0 Å². The van der Waals surface area contributed by atoms with Crippen LogP contribution in [0.5, 0.6) is 0 Å². The lowest BCUT2D eigenvalue weighted by molar-refractivity contribution is 0.595. The largest absolute Gasteiger partial charge is 0.218 e. The first kappa shape index (κ1) is 14.2. The maximum absolute atomic E-state index is 12.5. The van der Waals surface area contributed by atoms with Gasteiger partial charge < -0.3 is 0 Å². The Morgan fingerprint density at radius 2 is 1.33 bits per heavy atom. The summed E-state index contributed by atoms with van der Waals surface area (Å²) in [7, 11) is -3.51. The first-order chi connectivity index (χ1) is 8.41. The van der Waals surface area contributed by atoms with E-state index in [9.17, 15) is 8.42 Å². The Morgan fingerprint density at radius 1 is 0.778 bits per heavy atom. The van der Waals surface area contributed by atoms with Crippen LogP contribution in [0.3, 0.4) is 0 Å². The lowest BCUT2D eigenvalue weighted by atomic mass is 10.4. The first-order valence-electron chi connectivity index (χ1n) is 4.87. The number of hydrogen-bond donors (Lipinski definition) is 0. The van der Waals surface area contributed by atoms with E-state index in [-0.39, 0.29) is 9.79 Å². The van der Waals surface area contributed by atoms with Gasteiger partial charge in [-0.25, -0.2) is 8.42 Å². The standard InChI is InChI=1S/C12H7Br3O2S/c13-8-1-4-10(5-2-8)18(16,17)12-7-9(14)3-6-11(12)15/h1-7H. The summed E-state index contributed by atoms with van der Waals surface area (Å²) in [6.07, 6.45) is 0. The van der Waals surface area contributed by atoms with Crippen molar-refractivity contribution >= 4 is 57.6 Å². The summed E-state index contributed by atoms with van der Waals surface area (Å²) < 4.78 is 27.0. The van der Waals surface area contributed by atoms with Gasteiger partial charge in [0.15, 0.2) is 0 Å². The number of sulfone groups is 1. The quantitative estimate of drug-likeness (QED) is 0.652. The van der Waals surface area contributed by atoms with E-state index in [1.165, 1.54) is 0 Å². The average Bonchev–Trinajstić information content (AvgIpc) is 2.32. The molecule has 0 spiro atoms. The van der Waals surface area contributed by atoms with E-state index in [1.54, 1.807) is 42.5 Å². The summed E-state index contributed by atoms with van der Waals surface area (Å²) in [5.74, 6) is 0. The number of rotatable bonds is 2. The second-order valence-corrected chi connectivity index (χ2v) is 8.14. The molecule has 6 heteroatoms. The normalized spacial score (nSPS) is 11.5. The molecule has 2 nitrogen and oxygen atoms in total. The molecule has 0 atom stereocenters. The van der Waals surface area contributed by atoms with Crippen LogP contribution >= 0.6 is 47.8 Å². The van der Waals surface area contributed by atoms with Crippen LogP contribution in [0, 0.1) is 0 Å². The molecule has 0 aromatic heterocycles. The molecule has 0 fully saturated rings. The second kappa shape index (κ2) is 5.45. The maximum atomic E-state index is 12.5. The first-order valence-corrected chi connectivity index (χ1v) is 8.73. The predicted molar refractivity (Wildman–Crippen MR) is 81.4 cm³/mol. The van der Waals surface area contributed by atoms with Crippen LogP contribution in [0.2, 0.25) is 0 Å². The molecule has 2 aromatic rings. The van der Waals surface area contributed by atoms with Gasteiger partial charge in [-0.2, -0.15) is 0 Å². The van der Waals surface area contributed by atoms with Crippen molar-refractivity contribution in [2.75, 3.05) is 0 Å². The molecule has 0 bridgehead atoms. The third kappa shape index (κ3) is 2.87. The van der Waals surface area contributed by atoms with E-state index >= 15 is 0 Å². The summed E-state index contributed by atoms with van der Waals surface area (Å²) in [5.41, 5.74) is 0. The molecule has 94 valence electrons. The van der Waals surface area contributed by atoms with E-state index < -0.39 is 9.84 Å². The van der Waals surface area contributed by atoms with Crippen LogP contribution in [0.25, 0.3) is 0 Å². The molecule has 0 N–H and O–H groups in total. The average molecular weight is 455 g/mol. The summed E-state index contributed by atoms with van der Waals surface area (Å²) in [6, 6.07) is 11.6. The number of hydrogen-bond acceptors (Lipinski definition) is 2. The zero-order valence-corrected chi connectivity index (χ0v) is 14.5. The van der Waals surface area contributed by atoms with Gasteiger partial charge in [-0.3, -0.25) is 0 Å². The van der Waals surface area contributed by atoms with E-state index in [1.807, 2.05) is 0 Å². The van der Waals surface area contributed by atoms with Gasteiger partial charge in [0, 0.05) is 13.4 Å². The van der Waals surface area contributed by atoms with Crippen molar-refractivity contribution in [3.63, 3.8) is 0 Å². The highest BCUT2D eigenvalue weighted by atomic mass is 79.9. The van der Waals surface area contributed by atoms with Crippen LogP contribution in [0.15, 0.2) is 65.7 Å². The van der Waals surface area contributed by atoms with Gasteiger partial charge in [0.2, 0.25) is 9.84 Å². The minimum atomic E-state index is -3.51. The van der Waals surface area contributed by atoms with Gasteiger partial charge in [0.1, 0.15) is 0 Å². The minimum absolute atomic E-state index is 0.249. The Balaban J connectivity index is 2.61. The SMILES string of the molecule is O=S(=O)(c1ccc(Br)cc1)c1cc(Br)ccc1Br. The molecule has 0 unspecified atom stereocenters. The van der Waals surface area contributed by atoms with E-state index in [4.69, 9.17) is 0 Å². The number of benzene rings is 2. The highest BCUT2D eigenvalue weighted by Gasteiger charge is 2.20. The molecular weight excluding hydrogens is 448 g/mol. The second-order valence-electron chi connectivity index (χ2n) is 3.53. The van der Waals surface area contributed by atoms with Crippen LogP contribution in [0.4, 0.5) is 0 Å². The fourth-order valence-corrected chi connectivity index (χ4v) is 4.44. The van der Waals surface area contributed by atoms with E-state index in [0.29, 0.717) is 4.47 Å². The molecule has 0 aliphatic heterocycles. The molecule has 0 saturated heterocycles. The molecule has 2 rings (SSSR count). The van der Waals surface area contributed by atoms with Crippen LogP contribution < -0.4 is 0 Å². The Hall–Kier alpha value is -0.170. The summed E-state index contributed by atoms with van der Waals surface area (Å²) in [4.78, 5) is 0.517. The van der Waals surface area contributed by atoms with Gasteiger partial charge in [0.05, 0.1) is 9.79 Å². The smallest absolute Gasteiger partial charge is 0.207 e. The van der Waals surface area contributed by atoms with Gasteiger partial charge in [-0.1, -0.05) is 31.9 Å². The molecule has 2 aromatic carbocycles. The van der Waals surface area contributed by atoms with Crippen molar-refractivity contribution in [3.8, 4) is 0 Å². The highest BCUT2D eigenvalue weighted by molar-refractivity contribution is 9.11. The van der Waals surface area contributed by atoms with Gasteiger partial charge in [0.25, 0.3) is 0 Å². The maximum Gasteiger partial charge on any atom is 0.207 e. The third-order valence-electron chi connectivity index (χ3n) is 2.31. The molecule has 0 heterocycles. The Kier molecular flexibility index (Phi) is 4.31. The van der Waals surface area contributed by atoms with Crippen LogP contribution in [-0.4, -0.2) is 8.42 Å². The van der Waals surface area contributed by atoms with Gasteiger partial charge >= 0.3 is 0 Å². The fraction of sp³-hybridized carbons (Fsp3) is 0. The van der Waals surface area contributed by atoms with Crippen LogP contribution in [0.1, 0.15) is 0 Å². The molecule has 0 radical (unpaired) electrons. The summed E-state index contributed by atoms with van der Waals surface area (Å²) in [5, 5.41) is 0. The zero-order chi connectivity index (χ0) is 13.3. The Morgan fingerprint density at radius 3 is 1.94 bits per heavy atom. The highest BCUT2D eigenvalue weighted by Crippen LogP contribution is 2.30. The summed E-state index contributed by atoms with van der Waals surface area (Å²) >= 11 is 9.83. The molecule has 0 aliphatic carbocycles. The van der Waals surface area contributed by atoms with Crippen molar-refractivity contribution in [3.05, 3.63) is 55.9 Å². The van der Waals surface area contributed by atoms with Crippen molar-refractivity contribution < 1.29 is 8.42 Å². The molecule has 0 saturated carbocycles. The summed E-state index contributed by atoms with van der Waals surface area (Å²) in [6.45, 7) is 0. The molecule has 18 heavy (non-hydrogen) atoms. The van der Waals surface area contributed by atoms with E-state index in [0.717, 1.165) is 8.95 Å². The lowest BCUT2D eigenvalue weighted by Crippen LogP contribution is -2.02. The Bertz CT molecular complexity index is 679. The third-order valence-corrected chi connectivity index (χ3v) is 6.09. The zero-order valence-electron chi connectivity index (χ0n) is 8.90. The molecule has 0 aliphatic rings. The van der Waals surface area contributed by atoms with Crippen molar-refractivity contribution in [2.45, 2.75) is 9.79 Å². The van der Waals surface area contributed by atoms with Gasteiger partial charge in [-0.05, 0) is 58.4 Å². The lowest BCUT2D eigenvalue weighted by Gasteiger charge is -2.07. The monoisotopic (exact) mass is 452 g/mol. The number of halogens is 3.